The molecule has 0 atom stereocenters. The second-order valence-corrected chi connectivity index (χ2v) is 10.5. The van der Waals surface area contributed by atoms with Crippen LogP contribution < -0.4 is 15.4 Å². The summed E-state index contributed by atoms with van der Waals surface area (Å²) >= 11 is 0. The number of amidine groups is 1. The molecular weight excluding hydrogens is 504 g/mol. The Balaban J connectivity index is 1.66. The highest BCUT2D eigenvalue weighted by Crippen LogP contribution is 2.31. The van der Waals surface area contributed by atoms with Crippen LogP contribution >= 0.6 is 0 Å². The van der Waals surface area contributed by atoms with Crippen LogP contribution in [0.1, 0.15) is 16.7 Å². The maximum absolute atomic E-state index is 13.8. The fourth-order valence-electron chi connectivity index (χ4n) is 4.06. The molecule has 9 nitrogen and oxygen atoms in total. The zero-order chi connectivity index (χ0) is 27.4. The highest BCUT2D eigenvalue weighted by atomic mass is 32.2. The first-order valence-electron chi connectivity index (χ1n) is 11.6. The second-order valence-electron chi connectivity index (χ2n) is 8.72. The van der Waals surface area contributed by atoms with Gasteiger partial charge in [0.2, 0.25) is 5.91 Å². The molecule has 0 radical (unpaired) electrons. The van der Waals surface area contributed by atoms with Gasteiger partial charge in [-0.15, -0.1) is 0 Å². The van der Waals surface area contributed by atoms with Crippen molar-refractivity contribution in [1.29, 1.82) is 5.41 Å². The number of hydrogen-bond acceptors (Lipinski definition) is 5. The number of benzene rings is 4. The molecule has 0 aliphatic rings. The molecule has 38 heavy (non-hydrogen) atoms. The van der Waals surface area contributed by atoms with E-state index in [-0.39, 0.29) is 28.7 Å². The summed E-state index contributed by atoms with van der Waals surface area (Å²) in [7, 11) is -4.28. The van der Waals surface area contributed by atoms with E-state index in [1.54, 1.807) is 73.7 Å². The highest BCUT2D eigenvalue weighted by molar-refractivity contribution is 7.93. The lowest BCUT2D eigenvalue weighted by Crippen LogP contribution is -2.36. The van der Waals surface area contributed by atoms with E-state index in [9.17, 15) is 23.1 Å². The van der Waals surface area contributed by atoms with Gasteiger partial charge in [-0.2, -0.15) is 0 Å². The summed E-state index contributed by atoms with van der Waals surface area (Å²) in [4.78, 5) is 24.5. The van der Waals surface area contributed by atoms with Crippen LogP contribution in [0.3, 0.4) is 0 Å². The number of anilines is 2. The summed E-state index contributed by atoms with van der Waals surface area (Å²) in [6, 6.07) is 23.1. The number of aryl methyl sites for hydroxylation is 1. The molecule has 0 heterocycles. The number of carbonyl (C=O) groups excluding carboxylic acids is 1. The van der Waals surface area contributed by atoms with Crippen LogP contribution in [0.4, 0.5) is 11.4 Å². The van der Waals surface area contributed by atoms with Crippen LogP contribution in [0.15, 0.2) is 89.8 Å². The monoisotopic (exact) mass is 530 g/mol. The quantitative estimate of drug-likeness (QED) is 0.190. The molecule has 0 aromatic heterocycles. The molecule has 4 aromatic rings. The van der Waals surface area contributed by atoms with Crippen LogP contribution in [-0.2, 0) is 26.0 Å². The normalized spacial score (nSPS) is 11.2. The summed E-state index contributed by atoms with van der Waals surface area (Å²) in [6.45, 7) is 0.951. The number of carboxylic acid groups (broad SMARTS) is 1. The zero-order valence-electron chi connectivity index (χ0n) is 20.5. The topological polar surface area (TPSA) is 154 Å². The van der Waals surface area contributed by atoms with Gasteiger partial charge in [-0.1, -0.05) is 66.7 Å². The van der Waals surface area contributed by atoms with Crippen molar-refractivity contribution < 1.29 is 23.1 Å². The fourth-order valence-corrected chi connectivity index (χ4v) is 5.68. The molecule has 0 aliphatic heterocycles. The van der Waals surface area contributed by atoms with Gasteiger partial charge < -0.3 is 16.2 Å². The number of hydrogen-bond donors (Lipinski definition) is 4. The van der Waals surface area contributed by atoms with Crippen LogP contribution in [0.25, 0.3) is 10.8 Å². The number of amides is 1. The minimum Gasteiger partial charge on any atom is -0.480 e. The minimum absolute atomic E-state index is 0.0166. The predicted octanol–water partition coefficient (Wildman–Crippen LogP) is 3.89. The molecular formula is C28H26N4O5S. The first-order chi connectivity index (χ1) is 18.1. The van der Waals surface area contributed by atoms with E-state index in [4.69, 9.17) is 11.1 Å². The van der Waals surface area contributed by atoms with Crippen molar-refractivity contribution in [1.82, 2.24) is 0 Å². The van der Waals surface area contributed by atoms with Gasteiger partial charge in [0.15, 0.2) is 0 Å². The number of nitrogen functional groups attached to an aromatic ring is 1. The molecule has 10 heteroatoms. The molecule has 4 rings (SSSR count). The Morgan fingerprint density at radius 1 is 0.974 bits per heavy atom. The van der Waals surface area contributed by atoms with E-state index in [0.29, 0.717) is 33.2 Å². The molecule has 194 valence electrons. The molecule has 0 spiro atoms. The van der Waals surface area contributed by atoms with E-state index >= 15 is 0 Å². The molecule has 0 bridgehead atoms. The summed E-state index contributed by atoms with van der Waals surface area (Å²) in [5.74, 6) is -1.74. The number of sulfonamides is 1. The van der Waals surface area contributed by atoms with E-state index in [2.05, 4.69) is 5.32 Å². The molecule has 0 fully saturated rings. The standard InChI is InChI=1S/C28H26N4O5S/c1-18-9-14-22(16-24(18)31-26(33)15-19-10-12-21(13-11-19)28(29)30)32(17-27(34)35)38(36,37)25-8-4-6-20-5-2-3-7-23(20)25/h2-14,16H,15,17H2,1H3,(H3,29,30)(H,31,33)(H,34,35). The molecule has 0 saturated carbocycles. The number of nitrogens with zero attached hydrogens (tertiary/aromatic N) is 1. The Hall–Kier alpha value is -4.70. The van der Waals surface area contributed by atoms with Gasteiger partial charge in [0.1, 0.15) is 12.4 Å². The first kappa shape index (κ1) is 26.4. The van der Waals surface area contributed by atoms with Crippen molar-refractivity contribution in [3.63, 3.8) is 0 Å². The van der Waals surface area contributed by atoms with Crippen molar-refractivity contribution in [3.05, 3.63) is 102 Å². The smallest absolute Gasteiger partial charge is 0.324 e. The Bertz CT molecular complexity index is 1640. The second kappa shape index (κ2) is 10.7. The average molecular weight is 531 g/mol. The Labute approximate surface area is 220 Å². The minimum atomic E-state index is -4.28. The third kappa shape index (κ3) is 5.65. The predicted molar refractivity (Wildman–Crippen MR) is 147 cm³/mol. The van der Waals surface area contributed by atoms with Gasteiger partial charge in [0, 0.05) is 16.6 Å². The lowest BCUT2D eigenvalue weighted by Gasteiger charge is -2.24. The number of nitrogens with two attached hydrogens (primary N) is 1. The molecule has 0 saturated heterocycles. The van der Waals surface area contributed by atoms with Crippen molar-refractivity contribution in [2.24, 2.45) is 5.73 Å². The summed E-state index contributed by atoms with van der Waals surface area (Å²) in [5.41, 5.74) is 7.85. The lowest BCUT2D eigenvalue weighted by molar-refractivity contribution is -0.135. The molecule has 0 unspecified atom stereocenters. The van der Waals surface area contributed by atoms with Crippen molar-refractivity contribution in [2.75, 3.05) is 16.2 Å². The third-order valence-corrected chi connectivity index (χ3v) is 7.84. The van der Waals surface area contributed by atoms with Crippen LogP contribution in [-0.4, -0.2) is 37.8 Å². The highest BCUT2D eigenvalue weighted by Gasteiger charge is 2.29. The zero-order valence-corrected chi connectivity index (χ0v) is 21.3. The van der Waals surface area contributed by atoms with Crippen molar-refractivity contribution >= 4 is 49.9 Å². The SMILES string of the molecule is Cc1ccc(N(CC(=O)O)S(=O)(=O)c2cccc3ccccc23)cc1NC(=O)Cc1ccc(C(=N)N)cc1. The first-order valence-corrected chi connectivity index (χ1v) is 13.1. The van der Waals surface area contributed by atoms with E-state index in [0.717, 1.165) is 4.31 Å². The van der Waals surface area contributed by atoms with Gasteiger partial charge in [0.05, 0.1) is 17.0 Å². The number of aliphatic carboxylic acids is 1. The van der Waals surface area contributed by atoms with Gasteiger partial charge >= 0.3 is 5.97 Å². The fraction of sp³-hybridized carbons (Fsp3) is 0.107. The number of nitrogens with one attached hydrogen (secondary N) is 2. The maximum Gasteiger partial charge on any atom is 0.324 e. The number of carbonyl (C=O) groups is 2. The van der Waals surface area contributed by atoms with Crippen LogP contribution in [0.5, 0.6) is 0 Å². The van der Waals surface area contributed by atoms with E-state index in [1.807, 2.05) is 0 Å². The molecule has 0 aliphatic carbocycles. The summed E-state index contributed by atoms with van der Waals surface area (Å²) < 4.78 is 28.4. The van der Waals surface area contributed by atoms with E-state index in [1.165, 1.54) is 18.2 Å². The van der Waals surface area contributed by atoms with E-state index < -0.39 is 22.5 Å². The van der Waals surface area contributed by atoms with Gasteiger partial charge in [-0.05, 0) is 41.6 Å². The number of fused-ring (bicyclic) bond motifs is 1. The molecule has 4 aromatic carbocycles. The maximum atomic E-state index is 13.8. The van der Waals surface area contributed by atoms with Crippen molar-refractivity contribution in [2.45, 2.75) is 18.2 Å². The summed E-state index contributed by atoms with van der Waals surface area (Å²) in [6.07, 6.45) is 0.0367. The van der Waals surface area contributed by atoms with Crippen molar-refractivity contribution in [3.8, 4) is 0 Å². The lowest BCUT2D eigenvalue weighted by atomic mass is 10.1. The van der Waals surface area contributed by atoms with Gasteiger partial charge in [0.25, 0.3) is 10.0 Å². The number of carboxylic acids is 1. The molecule has 1 amide bonds. The Morgan fingerprint density at radius 3 is 2.34 bits per heavy atom. The third-order valence-electron chi connectivity index (χ3n) is 6.01. The molecule has 5 N–H and O–H groups in total. The largest absolute Gasteiger partial charge is 0.480 e. The van der Waals surface area contributed by atoms with Crippen LogP contribution in [0, 0.1) is 12.3 Å². The number of rotatable bonds is 9. The van der Waals surface area contributed by atoms with Gasteiger partial charge in [-0.25, -0.2) is 8.42 Å². The summed E-state index contributed by atoms with van der Waals surface area (Å²) in [5, 5.41) is 21.0. The van der Waals surface area contributed by atoms with Gasteiger partial charge in [-0.3, -0.25) is 19.3 Å². The Kier molecular flexibility index (Phi) is 7.45. The average Bonchev–Trinajstić information content (AvgIpc) is 2.88. The Morgan fingerprint density at radius 2 is 1.66 bits per heavy atom. The van der Waals surface area contributed by atoms with Crippen LogP contribution in [0.2, 0.25) is 0 Å².